The molecule has 5 heteroatoms. The van der Waals surface area contributed by atoms with E-state index in [1.807, 2.05) is 0 Å². The number of aromatic nitrogens is 2. The van der Waals surface area contributed by atoms with Gasteiger partial charge in [0, 0.05) is 0 Å². The number of hydrogen-bond acceptors (Lipinski definition) is 3. The molecule has 2 N–H and O–H groups in total. The van der Waals surface area contributed by atoms with Crippen LogP contribution in [0, 0.1) is 0 Å². The van der Waals surface area contributed by atoms with Gasteiger partial charge in [0.25, 0.3) is 0 Å². The van der Waals surface area contributed by atoms with Crippen LogP contribution in [0.25, 0.3) is 0 Å². The summed E-state index contributed by atoms with van der Waals surface area (Å²) in [7, 11) is 0. The van der Waals surface area contributed by atoms with Crippen LogP contribution in [-0.4, -0.2) is 16.1 Å². The zero-order valence-electron chi connectivity index (χ0n) is 9.40. The number of allylic oxidation sites excluding steroid dienone is 1. The van der Waals surface area contributed by atoms with Crippen molar-refractivity contribution >= 4 is 17.5 Å². The Labute approximate surface area is 105 Å². The molecule has 0 saturated heterocycles. The Hall–Kier alpha value is -1.42. The van der Waals surface area contributed by atoms with Gasteiger partial charge in [0.15, 0.2) is 5.15 Å². The van der Waals surface area contributed by atoms with Gasteiger partial charge in [-0.2, -0.15) is 5.10 Å². The lowest BCUT2D eigenvalue weighted by molar-refractivity contribution is -0.118. The molecular weight excluding hydrogens is 238 g/mol. The number of carbonyl (C=O) groups is 1. The van der Waals surface area contributed by atoms with Crippen LogP contribution >= 0.6 is 11.6 Å². The molecule has 0 fully saturated rings. The fraction of sp³-hybridized carbons (Fsp3) is 0.417. The third-order valence-electron chi connectivity index (χ3n) is 2.93. The van der Waals surface area contributed by atoms with Crippen molar-refractivity contribution in [3.8, 4) is 0 Å². The van der Waals surface area contributed by atoms with Gasteiger partial charge in [0.05, 0.1) is 5.69 Å². The van der Waals surface area contributed by atoms with Crippen molar-refractivity contribution in [2.24, 2.45) is 5.73 Å². The maximum absolute atomic E-state index is 11.6. The molecule has 0 aliphatic heterocycles. The number of carbonyl (C=O) groups excluding carboxylic acids is 1. The van der Waals surface area contributed by atoms with Crippen LogP contribution in [0.1, 0.15) is 37.3 Å². The summed E-state index contributed by atoms with van der Waals surface area (Å²) in [5, 5.41) is 8.02. The first kappa shape index (κ1) is 12.0. The predicted octanol–water partition coefficient (Wildman–Crippen LogP) is 2.20. The second kappa shape index (κ2) is 5.27. The maximum atomic E-state index is 11.6. The highest BCUT2D eigenvalue weighted by molar-refractivity contribution is 6.29. The molecule has 0 bridgehead atoms. The minimum atomic E-state index is -0.458. The molecule has 1 aliphatic carbocycles. The Morgan fingerprint density at radius 2 is 2.18 bits per heavy atom. The van der Waals surface area contributed by atoms with E-state index in [4.69, 9.17) is 17.3 Å². The van der Waals surface area contributed by atoms with E-state index in [2.05, 4.69) is 16.3 Å². The molecule has 1 aliphatic rings. The maximum Gasteiger partial charge on any atom is 0.230 e. The van der Waals surface area contributed by atoms with Gasteiger partial charge in [-0.05, 0) is 37.8 Å². The first-order valence-electron chi connectivity index (χ1n) is 5.66. The van der Waals surface area contributed by atoms with Crippen LogP contribution in [-0.2, 0) is 4.79 Å². The summed E-state index contributed by atoms with van der Waals surface area (Å²) in [5.74, 6) is -0.838. The lowest BCUT2D eigenvalue weighted by Gasteiger charge is -2.19. The van der Waals surface area contributed by atoms with Crippen molar-refractivity contribution in [1.82, 2.24) is 10.2 Å². The molecule has 1 unspecified atom stereocenters. The van der Waals surface area contributed by atoms with Crippen LogP contribution in [0.3, 0.4) is 0 Å². The van der Waals surface area contributed by atoms with E-state index < -0.39 is 5.92 Å². The van der Waals surface area contributed by atoms with Crippen molar-refractivity contribution in [2.45, 2.75) is 31.6 Å². The number of hydrogen-bond donors (Lipinski definition) is 1. The van der Waals surface area contributed by atoms with Crippen molar-refractivity contribution in [3.05, 3.63) is 34.6 Å². The van der Waals surface area contributed by atoms with Crippen LogP contribution in [0.4, 0.5) is 0 Å². The zero-order valence-corrected chi connectivity index (χ0v) is 10.2. The molecule has 1 aromatic rings. The summed E-state index contributed by atoms with van der Waals surface area (Å²) in [6.07, 6.45) is 6.26. The number of amides is 1. The summed E-state index contributed by atoms with van der Waals surface area (Å²) >= 11 is 5.68. The van der Waals surface area contributed by atoms with Gasteiger partial charge in [-0.25, -0.2) is 0 Å². The van der Waals surface area contributed by atoms with Gasteiger partial charge < -0.3 is 5.73 Å². The number of halogens is 1. The fourth-order valence-corrected chi connectivity index (χ4v) is 2.22. The predicted molar refractivity (Wildman–Crippen MR) is 65.5 cm³/mol. The topological polar surface area (TPSA) is 68.9 Å². The van der Waals surface area contributed by atoms with E-state index >= 15 is 0 Å². The zero-order chi connectivity index (χ0) is 12.3. The van der Waals surface area contributed by atoms with Crippen molar-refractivity contribution in [1.29, 1.82) is 0 Å². The highest BCUT2D eigenvalue weighted by Gasteiger charge is 2.25. The molecule has 17 heavy (non-hydrogen) atoms. The highest BCUT2D eigenvalue weighted by atomic mass is 35.5. The van der Waals surface area contributed by atoms with E-state index in [-0.39, 0.29) is 5.91 Å². The quantitative estimate of drug-likeness (QED) is 0.838. The second-order valence-electron chi connectivity index (χ2n) is 4.14. The number of primary amides is 1. The Kier molecular flexibility index (Phi) is 3.74. The third-order valence-corrected chi connectivity index (χ3v) is 3.13. The first-order valence-corrected chi connectivity index (χ1v) is 6.03. The monoisotopic (exact) mass is 251 g/mol. The second-order valence-corrected chi connectivity index (χ2v) is 4.53. The van der Waals surface area contributed by atoms with E-state index in [1.54, 1.807) is 12.1 Å². The standard InChI is InChI=1S/C12H14ClN3O/c13-10-7-6-9(15-16-10)11(12(14)17)8-4-2-1-3-5-8/h4,6-7,11H,1-3,5H2,(H2,14,17). The molecule has 1 amide bonds. The van der Waals surface area contributed by atoms with Crippen molar-refractivity contribution < 1.29 is 4.79 Å². The minimum absolute atomic E-state index is 0.314. The lowest BCUT2D eigenvalue weighted by atomic mass is 9.86. The summed E-state index contributed by atoms with van der Waals surface area (Å²) < 4.78 is 0. The SMILES string of the molecule is NC(=O)C(C1=CCCCC1)c1ccc(Cl)nn1. The van der Waals surface area contributed by atoms with E-state index in [0.717, 1.165) is 24.8 Å². The molecule has 90 valence electrons. The molecule has 1 atom stereocenters. The highest BCUT2D eigenvalue weighted by Crippen LogP contribution is 2.30. The Morgan fingerprint density at radius 3 is 2.71 bits per heavy atom. The average Bonchev–Trinajstić information content (AvgIpc) is 2.33. The summed E-state index contributed by atoms with van der Waals surface area (Å²) in [6, 6.07) is 3.34. The van der Waals surface area contributed by atoms with E-state index in [9.17, 15) is 4.79 Å². The van der Waals surface area contributed by atoms with Gasteiger partial charge in [0.2, 0.25) is 5.91 Å². The Balaban J connectivity index is 2.31. The molecule has 0 radical (unpaired) electrons. The van der Waals surface area contributed by atoms with E-state index in [1.165, 1.54) is 6.42 Å². The molecule has 0 aromatic carbocycles. The number of nitrogens with zero attached hydrogens (tertiary/aromatic N) is 2. The van der Waals surface area contributed by atoms with Gasteiger partial charge in [0.1, 0.15) is 5.92 Å². The molecule has 1 heterocycles. The molecule has 0 spiro atoms. The van der Waals surface area contributed by atoms with Crippen LogP contribution in [0.2, 0.25) is 5.15 Å². The smallest absolute Gasteiger partial charge is 0.230 e. The summed E-state index contributed by atoms with van der Waals surface area (Å²) in [6.45, 7) is 0. The van der Waals surface area contributed by atoms with Gasteiger partial charge in [-0.15, -0.1) is 5.10 Å². The molecule has 1 aromatic heterocycles. The normalized spacial score (nSPS) is 17.4. The molecule has 0 saturated carbocycles. The van der Waals surface area contributed by atoms with Gasteiger partial charge >= 0.3 is 0 Å². The van der Waals surface area contributed by atoms with Crippen molar-refractivity contribution in [2.75, 3.05) is 0 Å². The van der Waals surface area contributed by atoms with E-state index in [0.29, 0.717) is 10.8 Å². The van der Waals surface area contributed by atoms with Crippen LogP contribution < -0.4 is 5.73 Å². The minimum Gasteiger partial charge on any atom is -0.369 e. The Morgan fingerprint density at radius 1 is 1.35 bits per heavy atom. The van der Waals surface area contributed by atoms with Gasteiger partial charge in [-0.3, -0.25) is 4.79 Å². The number of nitrogens with two attached hydrogens (primary N) is 1. The summed E-state index contributed by atoms with van der Waals surface area (Å²) in [5.41, 5.74) is 7.09. The fourth-order valence-electron chi connectivity index (χ4n) is 2.12. The molecular formula is C12H14ClN3O. The lowest BCUT2D eigenvalue weighted by Crippen LogP contribution is -2.25. The van der Waals surface area contributed by atoms with Gasteiger partial charge in [-0.1, -0.05) is 23.3 Å². The van der Waals surface area contributed by atoms with Crippen LogP contribution in [0.15, 0.2) is 23.8 Å². The first-order chi connectivity index (χ1) is 8.18. The van der Waals surface area contributed by atoms with Crippen molar-refractivity contribution in [3.63, 3.8) is 0 Å². The Bertz CT molecular complexity index is 442. The molecule has 2 rings (SSSR count). The molecule has 4 nitrogen and oxygen atoms in total. The third kappa shape index (κ3) is 2.82. The summed E-state index contributed by atoms with van der Waals surface area (Å²) in [4.78, 5) is 11.6. The van der Waals surface area contributed by atoms with Crippen LogP contribution in [0.5, 0.6) is 0 Å². The largest absolute Gasteiger partial charge is 0.369 e. The number of rotatable bonds is 3. The average molecular weight is 252 g/mol.